The molecule has 0 aliphatic rings. The number of hydrogen-bond acceptors (Lipinski definition) is 2. The molecule has 0 atom stereocenters. The zero-order valence-corrected chi connectivity index (χ0v) is 10.6. The molecule has 9 heteroatoms. The quantitative estimate of drug-likeness (QED) is 0.369. The van der Waals surface area contributed by atoms with E-state index < -0.39 is 45.6 Å². The summed E-state index contributed by atoms with van der Waals surface area (Å²) < 4.78 is 79.0. The molecule has 0 fully saturated rings. The summed E-state index contributed by atoms with van der Waals surface area (Å²) in [6.07, 6.45) is 0. The maximum Gasteiger partial charge on any atom is 0.200 e. The Balaban J connectivity index is 2.58. The molecule has 0 heterocycles. The molecular formula is C12H5ClF6N2. The minimum absolute atomic E-state index is 0.315. The van der Waals surface area contributed by atoms with Crippen LogP contribution in [0.15, 0.2) is 12.1 Å². The first-order valence-corrected chi connectivity index (χ1v) is 5.64. The maximum atomic E-state index is 13.5. The van der Waals surface area contributed by atoms with E-state index in [1.54, 1.807) is 0 Å². The second-order valence-corrected chi connectivity index (χ2v) is 4.33. The summed E-state index contributed by atoms with van der Waals surface area (Å²) in [4.78, 5) is 0. The molecule has 0 amide bonds. The Labute approximate surface area is 119 Å². The van der Waals surface area contributed by atoms with E-state index in [1.807, 2.05) is 5.32 Å². The van der Waals surface area contributed by atoms with Crippen molar-refractivity contribution in [1.82, 2.24) is 0 Å². The Hall–Kier alpha value is -2.09. The second-order valence-electron chi connectivity index (χ2n) is 3.92. The molecule has 0 radical (unpaired) electrons. The van der Waals surface area contributed by atoms with Crippen LogP contribution in [0.2, 0.25) is 5.02 Å². The molecule has 21 heavy (non-hydrogen) atoms. The molecule has 0 aliphatic heterocycles. The van der Waals surface area contributed by atoms with Gasteiger partial charge in [0.1, 0.15) is 11.5 Å². The van der Waals surface area contributed by atoms with Crippen molar-refractivity contribution >= 4 is 28.7 Å². The lowest BCUT2D eigenvalue weighted by Gasteiger charge is -2.13. The lowest BCUT2D eigenvalue weighted by atomic mass is 10.2. The summed E-state index contributed by atoms with van der Waals surface area (Å²) in [6, 6.07) is 1.58. The van der Waals surface area contributed by atoms with Crippen LogP contribution in [-0.4, -0.2) is 0 Å². The fourth-order valence-corrected chi connectivity index (χ4v) is 1.68. The Morgan fingerprint density at radius 1 is 0.810 bits per heavy atom. The number of nitrogens with one attached hydrogen (secondary N) is 1. The predicted molar refractivity (Wildman–Crippen MR) is 65.3 cm³/mol. The average molecular weight is 327 g/mol. The number of nitrogen functional groups attached to an aromatic ring is 1. The van der Waals surface area contributed by atoms with Crippen molar-refractivity contribution in [2.45, 2.75) is 0 Å². The van der Waals surface area contributed by atoms with Crippen molar-refractivity contribution < 1.29 is 26.3 Å². The van der Waals surface area contributed by atoms with Gasteiger partial charge in [-0.05, 0) is 6.07 Å². The molecule has 2 aromatic carbocycles. The highest BCUT2D eigenvalue weighted by Crippen LogP contribution is 2.33. The molecule has 0 saturated carbocycles. The van der Waals surface area contributed by atoms with Gasteiger partial charge in [0.15, 0.2) is 23.3 Å². The van der Waals surface area contributed by atoms with Crippen LogP contribution >= 0.6 is 11.6 Å². The summed E-state index contributed by atoms with van der Waals surface area (Å²) in [5.41, 5.74) is 3.41. The second kappa shape index (κ2) is 5.36. The predicted octanol–water partition coefficient (Wildman–Crippen LogP) is 4.50. The Morgan fingerprint density at radius 3 is 1.81 bits per heavy atom. The van der Waals surface area contributed by atoms with Gasteiger partial charge in [0.05, 0.1) is 16.4 Å². The molecule has 0 spiro atoms. The molecule has 112 valence electrons. The highest BCUT2D eigenvalue weighted by atomic mass is 35.5. The first-order valence-electron chi connectivity index (χ1n) is 5.27. The van der Waals surface area contributed by atoms with E-state index in [2.05, 4.69) is 0 Å². The van der Waals surface area contributed by atoms with E-state index in [0.29, 0.717) is 0 Å². The zero-order valence-electron chi connectivity index (χ0n) is 9.88. The van der Waals surface area contributed by atoms with Crippen molar-refractivity contribution in [2.75, 3.05) is 11.1 Å². The molecule has 2 aromatic rings. The number of hydrogen-bond donors (Lipinski definition) is 2. The van der Waals surface area contributed by atoms with Crippen molar-refractivity contribution in [3.05, 3.63) is 52.1 Å². The van der Waals surface area contributed by atoms with E-state index in [1.165, 1.54) is 0 Å². The van der Waals surface area contributed by atoms with Crippen LogP contribution in [0.3, 0.4) is 0 Å². The van der Waals surface area contributed by atoms with Gasteiger partial charge in [-0.3, -0.25) is 0 Å². The van der Waals surface area contributed by atoms with E-state index in [-0.39, 0.29) is 11.4 Å². The number of rotatable bonds is 2. The molecule has 0 unspecified atom stereocenters. The van der Waals surface area contributed by atoms with Crippen molar-refractivity contribution in [3.63, 3.8) is 0 Å². The highest BCUT2D eigenvalue weighted by molar-refractivity contribution is 6.31. The van der Waals surface area contributed by atoms with E-state index >= 15 is 0 Å². The number of anilines is 3. The zero-order chi connectivity index (χ0) is 15.9. The number of nitrogens with two attached hydrogens (primary N) is 1. The summed E-state index contributed by atoms with van der Waals surface area (Å²) in [7, 11) is 0. The Bertz CT molecular complexity index is 705. The minimum Gasteiger partial charge on any atom is -0.397 e. The topological polar surface area (TPSA) is 38.0 Å². The molecular weight excluding hydrogens is 322 g/mol. The monoisotopic (exact) mass is 326 g/mol. The summed E-state index contributed by atoms with van der Waals surface area (Å²) >= 11 is 5.45. The van der Waals surface area contributed by atoms with Crippen molar-refractivity contribution in [1.29, 1.82) is 0 Å². The van der Waals surface area contributed by atoms with Crippen LogP contribution in [0.5, 0.6) is 0 Å². The van der Waals surface area contributed by atoms with Gasteiger partial charge in [0.2, 0.25) is 5.82 Å². The number of benzene rings is 2. The van der Waals surface area contributed by atoms with E-state index in [4.69, 9.17) is 17.3 Å². The Morgan fingerprint density at radius 2 is 1.29 bits per heavy atom. The van der Waals surface area contributed by atoms with Gasteiger partial charge in [-0.1, -0.05) is 11.6 Å². The van der Waals surface area contributed by atoms with E-state index in [0.717, 1.165) is 12.1 Å². The molecule has 0 saturated heterocycles. The molecule has 0 bridgehead atoms. The van der Waals surface area contributed by atoms with Crippen LogP contribution in [-0.2, 0) is 0 Å². The normalized spacial score (nSPS) is 10.8. The first-order chi connectivity index (χ1) is 9.73. The van der Waals surface area contributed by atoms with Gasteiger partial charge in [0.25, 0.3) is 0 Å². The van der Waals surface area contributed by atoms with Crippen LogP contribution < -0.4 is 11.1 Å². The number of halogens is 7. The van der Waals surface area contributed by atoms with Crippen molar-refractivity contribution in [2.24, 2.45) is 0 Å². The fraction of sp³-hybridized carbons (Fsp3) is 0. The SMILES string of the molecule is Nc1cc(F)c(Cl)cc1Nc1c(F)c(F)c(F)c(F)c1F. The maximum absolute atomic E-state index is 13.5. The third-order valence-corrected chi connectivity index (χ3v) is 2.85. The molecule has 3 N–H and O–H groups in total. The first kappa shape index (κ1) is 15.3. The smallest absolute Gasteiger partial charge is 0.200 e. The van der Waals surface area contributed by atoms with Gasteiger partial charge < -0.3 is 11.1 Å². The molecule has 0 aliphatic carbocycles. The van der Waals surface area contributed by atoms with Gasteiger partial charge in [-0.25, -0.2) is 26.3 Å². The van der Waals surface area contributed by atoms with Gasteiger partial charge >= 0.3 is 0 Å². The fourth-order valence-electron chi connectivity index (χ4n) is 1.52. The van der Waals surface area contributed by atoms with Crippen LogP contribution in [0.4, 0.5) is 43.4 Å². The summed E-state index contributed by atoms with van der Waals surface area (Å²) in [6.45, 7) is 0. The third kappa shape index (κ3) is 2.58. The minimum atomic E-state index is -2.29. The van der Waals surface area contributed by atoms with Gasteiger partial charge in [-0.2, -0.15) is 0 Å². The summed E-state index contributed by atoms with van der Waals surface area (Å²) in [5.74, 6) is -11.6. The average Bonchev–Trinajstić information content (AvgIpc) is 2.44. The largest absolute Gasteiger partial charge is 0.397 e. The lowest BCUT2D eigenvalue weighted by molar-refractivity contribution is 0.382. The van der Waals surface area contributed by atoms with Crippen molar-refractivity contribution in [3.8, 4) is 0 Å². The van der Waals surface area contributed by atoms with Crippen LogP contribution in [0.1, 0.15) is 0 Å². The standard InChI is InChI=1S/C12H5ClF6N2/c13-3-1-6(5(20)2-4(3)14)21-12-10(18)8(16)7(15)9(17)11(12)19/h1-2,21H,20H2. The third-order valence-electron chi connectivity index (χ3n) is 2.56. The molecule has 2 nitrogen and oxygen atoms in total. The van der Waals surface area contributed by atoms with Crippen LogP contribution in [0, 0.1) is 34.9 Å². The van der Waals surface area contributed by atoms with Gasteiger partial charge in [-0.15, -0.1) is 0 Å². The van der Waals surface area contributed by atoms with E-state index in [9.17, 15) is 26.3 Å². The van der Waals surface area contributed by atoms with Crippen LogP contribution in [0.25, 0.3) is 0 Å². The summed E-state index contributed by atoms with van der Waals surface area (Å²) in [5, 5.41) is 1.46. The highest BCUT2D eigenvalue weighted by Gasteiger charge is 2.26. The lowest BCUT2D eigenvalue weighted by Crippen LogP contribution is -2.08. The Kier molecular flexibility index (Phi) is 3.91. The molecule has 0 aromatic heterocycles. The molecule has 2 rings (SSSR count). The van der Waals surface area contributed by atoms with Gasteiger partial charge in [0, 0.05) is 6.07 Å².